The van der Waals surface area contributed by atoms with E-state index in [1.807, 2.05) is 48.5 Å². The fourth-order valence-corrected chi connectivity index (χ4v) is 10.8. The Balaban J connectivity index is 0.000000166. The first-order valence-corrected chi connectivity index (χ1v) is 28.7. The number of hydrogen-bond donors (Lipinski definition) is 0. The molecule has 0 saturated carbocycles. The van der Waals surface area contributed by atoms with E-state index >= 15 is 0 Å². The molecule has 0 bridgehead atoms. The molecular weight excluding hydrogens is 1210 g/mol. The van der Waals surface area contributed by atoms with E-state index in [-0.39, 0.29) is 33.4 Å². The number of esters is 3. The lowest BCUT2D eigenvalue weighted by Gasteiger charge is -2.22. The molecular formula is C56H34F9O17S3-3. The molecule has 0 spiro atoms. The van der Waals surface area contributed by atoms with Crippen molar-refractivity contribution in [1.29, 1.82) is 0 Å². The number of ketones is 2. The van der Waals surface area contributed by atoms with Gasteiger partial charge in [0.25, 0.3) is 0 Å². The van der Waals surface area contributed by atoms with Crippen molar-refractivity contribution in [3.63, 3.8) is 0 Å². The number of alkyl halides is 9. The second-order valence-corrected chi connectivity index (χ2v) is 23.0. The van der Waals surface area contributed by atoms with E-state index in [9.17, 15) is 102 Å². The number of hydrogen-bond acceptors (Lipinski definition) is 17. The van der Waals surface area contributed by atoms with E-state index in [1.54, 1.807) is 42.5 Å². The van der Waals surface area contributed by atoms with Gasteiger partial charge in [0.15, 0.2) is 11.6 Å². The van der Waals surface area contributed by atoms with E-state index in [1.165, 1.54) is 42.5 Å². The summed E-state index contributed by atoms with van der Waals surface area (Å²) in [6.07, 6.45) is -24.9. The van der Waals surface area contributed by atoms with Gasteiger partial charge < -0.3 is 27.9 Å². The van der Waals surface area contributed by atoms with E-state index < -0.39 is 119 Å². The third-order valence-corrected chi connectivity index (χ3v) is 14.9. The van der Waals surface area contributed by atoms with Crippen LogP contribution in [0.1, 0.15) is 62.9 Å². The van der Waals surface area contributed by atoms with Crippen LogP contribution < -0.4 is 0 Å². The average Bonchev–Trinajstić information content (AvgIpc) is 1.14. The molecule has 9 aromatic carbocycles. The van der Waals surface area contributed by atoms with E-state index in [0.29, 0.717) is 16.2 Å². The molecule has 1 aliphatic carbocycles. The molecule has 0 heterocycles. The highest BCUT2D eigenvalue weighted by Gasteiger charge is 2.46. The highest BCUT2D eigenvalue weighted by Crippen LogP contribution is 2.37. The van der Waals surface area contributed by atoms with Crippen LogP contribution in [0.25, 0.3) is 53.9 Å². The Morgan fingerprint density at radius 3 is 1.15 bits per heavy atom. The average molecular weight is 1250 g/mol. The summed E-state index contributed by atoms with van der Waals surface area (Å²) in [7, 11) is -15.8. The quantitative estimate of drug-likeness (QED) is 0.0361. The van der Waals surface area contributed by atoms with Gasteiger partial charge in [-0.15, -0.1) is 0 Å². The first-order valence-electron chi connectivity index (χ1n) is 24.0. The number of benzene rings is 9. The molecule has 17 nitrogen and oxygen atoms in total. The summed E-state index contributed by atoms with van der Waals surface area (Å²) in [4.78, 5) is 61.6. The largest absolute Gasteiger partial charge is 0.748 e. The van der Waals surface area contributed by atoms with Gasteiger partial charge in [0.2, 0.25) is 18.3 Å². The van der Waals surface area contributed by atoms with Crippen molar-refractivity contribution < 1.29 is 117 Å². The van der Waals surface area contributed by atoms with E-state index in [4.69, 9.17) is 0 Å². The van der Waals surface area contributed by atoms with Crippen LogP contribution in [0, 0.1) is 0 Å². The van der Waals surface area contributed by atoms with Crippen LogP contribution >= 0.6 is 0 Å². The summed E-state index contributed by atoms with van der Waals surface area (Å²) in [6, 6.07) is 39.7. The highest BCUT2D eigenvalue weighted by atomic mass is 32.2. The summed E-state index contributed by atoms with van der Waals surface area (Å²) in [6.45, 7) is 0. The Morgan fingerprint density at radius 2 is 0.694 bits per heavy atom. The first-order chi connectivity index (χ1) is 39.5. The third-order valence-electron chi connectivity index (χ3n) is 12.8. The number of carbonyl (C=O) groups excluding carboxylic acids is 5. The van der Waals surface area contributed by atoms with Crippen molar-refractivity contribution >= 4 is 114 Å². The number of rotatable bonds is 12. The number of fused-ring (bicyclic) bond motifs is 5. The van der Waals surface area contributed by atoms with Crippen molar-refractivity contribution in [2.75, 3.05) is 17.3 Å². The minimum Gasteiger partial charge on any atom is -0.748 e. The fourth-order valence-electron chi connectivity index (χ4n) is 8.96. The predicted octanol–water partition coefficient (Wildman–Crippen LogP) is 9.94. The van der Waals surface area contributed by atoms with Crippen LogP contribution in [0.2, 0.25) is 0 Å². The molecule has 0 N–H and O–H groups in total. The molecule has 9 aromatic rings. The normalized spacial score (nSPS) is 14.1. The maximum Gasteiger partial charge on any atom is 0.426 e. The number of carbonyl (C=O) groups is 5. The van der Waals surface area contributed by atoms with Crippen molar-refractivity contribution in [3.05, 3.63) is 191 Å². The van der Waals surface area contributed by atoms with Gasteiger partial charge in [0, 0.05) is 22.3 Å². The second-order valence-electron chi connectivity index (χ2n) is 18.7. The lowest BCUT2D eigenvalue weighted by Crippen LogP contribution is -2.39. The van der Waals surface area contributed by atoms with Gasteiger partial charge in [-0.3, -0.25) is 9.59 Å². The SMILES string of the molecule is O=C(OC(CS(=O)(=O)[O-])C(F)(F)F)c1cc2ccc3cccc4ccc(c1)c2c34.O=C(OC(CS(=O)(=O)[O-])C(F)(F)F)c1ccc2c(c1)C(=O)c1ccccc1C2=O.O=C(OC(CS(=O)(=O)[O-])C(F)(F)F)c1ccc2ccc3ccccc3c2c1. The van der Waals surface area contributed by atoms with Crippen LogP contribution in [0.3, 0.4) is 0 Å². The Hall–Kier alpha value is -8.61. The van der Waals surface area contributed by atoms with Crippen LogP contribution in [-0.2, 0) is 44.6 Å². The van der Waals surface area contributed by atoms with Gasteiger partial charge in [0.05, 0.1) is 64.3 Å². The highest BCUT2D eigenvalue weighted by molar-refractivity contribution is 7.86. The Morgan fingerprint density at radius 1 is 0.365 bits per heavy atom. The fraction of sp³-hybridized carbons (Fsp3) is 0.161. The molecule has 1 aliphatic rings. The number of halogens is 9. The summed E-state index contributed by atoms with van der Waals surface area (Å²) < 4.78 is 226. The molecule has 3 unspecified atom stereocenters. The lowest BCUT2D eigenvalue weighted by molar-refractivity contribution is -0.197. The topological polar surface area (TPSA) is 285 Å². The van der Waals surface area contributed by atoms with Gasteiger partial charge >= 0.3 is 36.4 Å². The lowest BCUT2D eigenvalue weighted by atomic mass is 9.83. The van der Waals surface area contributed by atoms with Crippen LogP contribution in [0.5, 0.6) is 0 Å². The van der Waals surface area contributed by atoms with Crippen LogP contribution in [0.4, 0.5) is 39.5 Å². The molecule has 444 valence electrons. The molecule has 0 radical (unpaired) electrons. The minimum atomic E-state index is -5.34. The summed E-state index contributed by atoms with van der Waals surface area (Å²) in [5.41, 5.74) is -0.895. The molecule has 10 rings (SSSR count). The molecule has 0 fully saturated rings. The van der Waals surface area contributed by atoms with E-state index in [0.717, 1.165) is 55.9 Å². The van der Waals surface area contributed by atoms with Crippen molar-refractivity contribution in [1.82, 2.24) is 0 Å². The monoisotopic (exact) mass is 1250 g/mol. The Kier molecular flexibility index (Phi) is 17.2. The van der Waals surface area contributed by atoms with Gasteiger partial charge in [-0.25, -0.2) is 39.6 Å². The zero-order valence-electron chi connectivity index (χ0n) is 42.4. The standard InChI is InChI=1S/C20H13F3O5S.C18H11F3O7S.C18H13F3O5S/c21-20(22,23)16(10-29(25,26)27)28-19(24)15-8-13-6-4-11-2-1-3-12-5-7-14(9-15)18(13)17(11)12;19-18(20,21)14(8-29(25,26)27)28-17(24)9-5-6-12-13(7-9)16(23)11-4-2-1-3-10(11)15(12)22;19-18(20,21)16(10-27(23,24)25)26-17(22)13-8-7-12-6-5-11-3-1-2-4-14(11)15(12)9-13/h1-9,16H,10H2,(H,25,26,27);1-7,14H,8H2,(H,25,26,27);1-9,16H,10H2,(H,23,24,25)/p-3. The molecule has 0 amide bonds. The summed E-state index contributed by atoms with van der Waals surface area (Å²) >= 11 is 0. The predicted molar refractivity (Wildman–Crippen MR) is 281 cm³/mol. The second kappa shape index (κ2) is 23.4. The van der Waals surface area contributed by atoms with Crippen LogP contribution in [-0.4, -0.2) is 122 Å². The van der Waals surface area contributed by atoms with Gasteiger partial charge in [-0.2, -0.15) is 39.5 Å². The maximum atomic E-state index is 13.0. The maximum absolute atomic E-state index is 13.0. The Bertz CT molecular complexity index is 4450. The molecule has 0 aromatic heterocycles. The van der Waals surface area contributed by atoms with Crippen molar-refractivity contribution in [2.24, 2.45) is 0 Å². The third kappa shape index (κ3) is 14.8. The van der Waals surface area contributed by atoms with E-state index in [2.05, 4.69) is 14.2 Å². The molecule has 85 heavy (non-hydrogen) atoms. The molecule has 29 heteroatoms. The molecule has 3 atom stereocenters. The smallest absolute Gasteiger partial charge is 0.426 e. The number of ether oxygens (including phenoxy) is 3. The zero-order valence-corrected chi connectivity index (χ0v) is 44.8. The minimum absolute atomic E-state index is 0.0419. The summed E-state index contributed by atoms with van der Waals surface area (Å²) in [5, 5.41) is 8.09. The van der Waals surface area contributed by atoms with Crippen LogP contribution in [0.15, 0.2) is 152 Å². The molecule has 0 saturated heterocycles. The van der Waals surface area contributed by atoms with Gasteiger partial charge in [-0.05, 0) is 96.3 Å². The van der Waals surface area contributed by atoms with Gasteiger partial charge in [0.1, 0.15) is 0 Å². The van der Waals surface area contributed by atoms with Crippen molar-refractivity contribution in [3.8, 4) is 0 Å². The molecule has 0 aliphatic heterocycles. The summed E-state index contributed by atoms with van der Waals surface area (Å²) in [5.74, 6) is -11.2. The first kappa shape index (κ1) is 62.4. The van der Waals surface area contributed by atoms with Gasteiger partial charge in [-0.1, -0.05) is 109 Å². The Labute approximate surface area is 473 Å². The zero-order chi connectivity index (χ0) is 62.4. The van der Waals surface area contributed by atoms with Crippen molar-refractivity contribution in [2.45, 2.75) is 36.8 Å².